The number of urea groups is 4. The fraction of sp³-hybridized carbons (Fsp3) is 0.194. The van der Waals surface area contributed by atoms with Gasteiger partial charge in [0.1, 0.15) is 40.1 Å². The Kier molecular flexibility index (Phi) is 24.5. The summed E-state index contributed by atoms with van der Waals surface area (Å²) in [5.74, 6) is -0.341. The SMILES string of the molecule is COc1ccc2c(c1)C(=O)N(C[C@@]1(c3ccc(-c4ncccc4C(F)(F)F)cc3)NC(=O)NC1=O)C2.COc1ccc2c(c1)C(=O)N(C[C@@]1(c3ccc(-c4ncccc4C)cc3)NC(=O)NC1=O)C2.COc1ccc2c(c1)C(=O)N(C[C@@]1(c3ccc(-c4ncccc4OC)cc3)NC(=O)NC1=O)C2.COc1ccc2c(c1)C(=O)N(C[C@@]1(c3ccc(-c4nccnc4Cl)cc3)NC(=O)NC1=O)C2. The number of pyridine rings is 3. The molecule has 0 bridgehead atoms. The number of methoxy groups -OCH3 is 5. The molecule has 8 aliphatic rings. The number of benzene rings is 8. The van der Waals surface area contributed by atoms with Gasteiger partial charge in [-0.2, -0.15) is 13.2 Å². The van der Waals surface area contributed by atoms with Crippen molar-refractivity contribution in [2.45, 2.75) is 61.4 Å². The summed E-state index contributed by atoms with van der Waals surface area (Å²) in [6.07, 6.45) is 3.09. The van der Waals surface area contributed by atoms with Crippen LogP contribution in [-0.2, 0) is 73.7 Å². The number of hydrogen-bond acceptors (Lipinski definition) is 22. The lowest BCUT2D eigenvalue weighted by atomic mass is 9.88. The summed E-state index contributed by atoms with van der Waals surface area (Å²) in [6, 6.07) is 55.2. The fourth-order valence-corrected chi connectivity index (χ4v) is 17.9. The number of ether oxygens (including phenoxy) is 5. The molecule has 12 heterocycles. The quantitative estimate of drug-likeness (QED) is 0.0310. The number of nitrogens with one attached hydrogen (secondary N) is 8. The van der Waals surface area contributed by atoms with E-state index in [1.807, 2.05) is 67.6 Å². The molecule has 16 amide bonds. The minimum Gasteiger partial charge on any atom is -0.497 e. The van der Waals surface area contributed by atoms with Crippen LogP contribution in [0, 0.1) is 6.92 Å². The van der Waals surface area contributed by atoms with Crippen LogP contribution in [0.3, 0.4) is 0 Å². The molecule has 34 nitrogen and oxygen atoms in total. The molecule has 8 aliphatic heterocycles. The van der Waals surface area contributed by atoms with Gasteiger partial charge in [-0.05, 0) is 136 Å². The topological polar surface area (TPSA) is 425 Å². The molecule has 20 rings (SSSR count). The van der Waals surface area contributed by atoms with Crippen molar-refractivity contribution in [3.8, 4) is 73.8 Å². The molecule has 12 aromatic rings. The Labute approximate surface area is 777 Å². The van der Waals surface area contributed by atoms with Gasteiger partial charge >= 0.3 is 30.3 Å². The minimum absolute atomic E-state index is 0.00234. The first-order valence-corrected chi connectivity index (χ1v) is 42.5. The summed E-state index contributed by atoms with van der Waals surface area (Å²) < 4.78 is 66.6. The third-order valence-corrected chi connectivity index (χ3v) is 24.9. The molecule has 688 valence electrons. The number of imide groups is 4. The number of aryl methyl sites for hydroxylation is 1. The van der Waals surface area contributed by atoms with Gasteiger partial charge in [-0.25, -0.2) is 24.2 Å². The largest absolute Gasteiger partial charge is 0.497 e. The van der Waals surface area contributed by atoms with E-state index in [-0.39, 0.29) is 72.8 Å². The zero-order valence-electron chi connectivity index (χ0n) is 73.2. The highest BCUT2D eigenvalue weighted by Gasteiger charge is 2.55. The first-order chi connectivity index (χ1) is 65.4. The second kappa shape index (κ2) is 36.6. The standard InChI is InChI=1S/C25H19F3N4O4.C25H22N4O5.C25H22N4O4.C23H18ClN5O4/c1-36-17-9-6-15-12-32(21(33)18(15)11-17)13-24(22(34)30-23(35)31-24)16-7-4-14(5-8-16)20-19(25(26,27)28)3-2-10-29-20;1-33-18-10-7-16-13-29(22(30)19(16)12-18)14-25(23(31)27-24(32)28-25)17-8-5-15(6-9-17)21-20(34-2)4-3-11-26-21;1-15-4-3-11-26-21(15)16-5-8-18(9-6-16)25(23(31)27-24(32)28-25)14-29-13-17-7-10-19(33-2)12-20(17)22(29)30;1-33-16-7-4-14-11-29(20(30)17(14)10-16)12-23(21(31)27-22(32)28-23)15-5-2-13(3-6-15)18-19(24)26-9-8-25-18/h2-11H,12-13H2,1H3,(H2,30,31,34,35);3-12H,13-14H2,1-2H3,(H2,27,28,31,32);3-12H,13-14H2,1-2H3,(H2,27,28,31,32);2-10H,11-12H2,1H3,(H2,27,28,31,32)/t24-;2*25-;23-/m0000/s1. The first kappa shape index (κ1) is 90.9. The number of amides is 16. The normalized spacial score (nSPS) is 19.2. The maximum atomic E-state index is 13.5. The number of fused-ring (bicyclic) bond motifs is 4. The van der Waals surface area contributed by atoms with Crippen LogP contribution in [0.25, 0.3) is 45.0 Å². The average Bonchev–Trinajstić information content (AvgIpc) is 1.61. The van der Waals surface area contributed by atoms with E-state index in [0.29, 0.717) is 110 Å². The summed E-state index contributed by atoms with van der Waals surface area (Å²) >= 11 is 6.14. The number of hydrogen-bond donors (Lipinski definition) is 8. The second-order valence-corrected chi connectivity index (χ2v) is 33.0. The molecule has 0 aliphatic carbocycles. The van der Waals surface area contributed by atoms with Crippen molar-refractivity contribution in [1.29, 1.82) is 0 Å². The van der Waals surface area contributed by atoms with Gasteiger partial charge in [0.2, 0.25) is 0 Å². The molecule has 136 heavy (non-hydrogen) atoms. The van der Waals surface area contributed by atoms with Gasteiger partial charge in [0, 0.05) is 102 Å². The van der Waals surface area contributed by atoms with Crippen molar-refractivity contribution in [3.63, 3.8) is 0 Å². The van der Waals surface area contributed by atoms with Crippen LogP contribution in [0.4, 0.5) is 32.3 Å². The second-order valence-electron chi connectivity index (χ2n) is 32.6. The summed E-state index contributed by atoms with van der Waals surface area (Å²) in [6.45, 7) is 2.94. The van der Waals surface area contributed by atoms with Crippen molar-refractivity contribution < 1.29 is 94.4 Å². The van der Waals surface area contributed by atoms with E-state index in [1.54, 1.807) is 151 Å². The van der Waals surface area contributed by atoms with Gasteiger partial charge in [0.15, 0.2) is 27.3 Å². The molecule has 0 unspecified atom stereocenters. The molecule has 4 atom stereocenters. The lowest BCUT2D eigenvalue weighted by Crippen LogP contribution is -2.52. The molecule has 0 saturated carbocycles. The maximum Gasteiger partial charge on any atom is 0.418 e. The lowest BCUT2D eigenvalue weighted by molar-refractivity contribution is -0.137. The van der Waals surface area contributed by atoms with Crippen LogP contribution in [0.2, 0.25) is 5.15 Å². The number of alkyl halides is 3. The molecule has 38 heteroatoms. The lowest BCUT2D eigenvalue weighted by Gasteiger charge is -2.31. The maximum absolute atomic E-state index is 13.5. The minimum atomic E-state index is -4.60. The molecule has 8 aromatic carbocycles. The van der Waals surface area contributed by atoms with E-state index in [1.165, 1.54) is 75.2 Å². The van der Waals surface area contributed by atoms with E-state index in [2.05, 4.69) is 67.5 Å². The van der Waals surface area contributed by atoms with Crippen LogP contribution < -0.4 is 66.2 Å². The molecule has 4 fully saturated rings. The van der Waals surface area contributed by atoms with Crippen LogP contribution in [-0.4, -0.2) is 178 Å². The summed E-state index contributed by atoms with van der Waals surface area (Å²) in [7, 11) is 7.67. The van der Waals surface area contributed by atoms with Gasteiger partial charge in [0.05, 0.1) is 78.7 Å². The van der Waals surface area contributed by atoms with Crippen molar-refractivity contribution in [2.24, 2.45) is 0 Å². The van der Waals surface area contributed by atoms with E-state index in [9.17, 15) is 70.7 Å². The number of carbonyl (C=O) groups excluding carboxylic acids is 12. The Morgan fingerprint density at radius 1 is 0.331 bits per heavy atom. The predicted molar refractivity (Wildman–Crippen MR) is 482 cm³/mol. The molecule has 0 radical (unpaired) electrons. The number of carbonyl (C=O) groups is 12. The zero-order valence-corrected chi connectivity index (χ0v) is 73.9. The molecule has 4 aromatic heterocycles. The fourth-order valence-electron chi connectivity index (χ4n) is 17.7. The Balaban J connectivity index is 0.000000126. The molecular weight excluding hydrogens is 1780 g/mol. The average molecular weight is 1860 g/mol. The summed E-state index contributed by atoms with van der Waals surface area (Å²) in [5.41, 5.74) is 5.79. The first-order valence-electron chi connectivity index (χ1n) is 42.1. The van der Waals surface area contributed by atoms with Gasteiger partial charge in [-0.1, -0.05) is 139 Å². The van der Waals surface area contributed by atoms with E-state index in [4.69, 9.17) is 35.3 Å². The number of rotatable bonds is 21. The molecule has 4 saturated heterocycles. The summed E-state index contributed by atoms with van der Waals surface area (Å²) in [5, 5.41) is 20.3. The van der Waals surface area contributed by atoms with Crippen LogP contribution in [0.5, 0.6) is 28.7 Å². The van der Waals surface area contributed by atoms with Crippen LogP contribution in [0.1, 0.15) is 97.1 Å². The number of aromatic nitrogens is 5. The number of halogens is 4. The van der Waals surface area contributed by atoms with Gasteiger partial charge < -0.3 is 64.6 Å². The van der Waals surface area contributed by atoms with Crippen molar-refractivity contribution in [2.75, 3.05) is 61.7 Å². The van der Waals surface area contributed by atoms with Crippen molar-refractivity contribution in [3.05, 3.63) is 320 Å². The third kappa shape index (κ3) is 17.2. The Morgan fingerprint density at radius 3 is 0.904 bits per heavy atom. The third-order valence-electron chi connectivity index (χ3n) is 24.6. The molecule has 0 spiro atoms. The molecular formula is C98H81ClF3N17O17. The van der Waals surface area contributed by atoms with Crippen LogP contribution >= 0.6 is 11.6 Å². The van der Waals surface area contributed by atoms with Gasteiger partial charge in [-0.15, -0.1) is 0 Å². The van der Waals surface area contributed by atoms with Crippen LogP contribution in [0.15, 0.2) is 237 Å². The highest BCUT2D eigenvalue weighted by molar-refractivity contribution is 6.31. The van der Waals surface area contributed by atoms with E-state index >= 15 is 0 Å². The monoisotopic (exact) mass is 1860 g/mol. The highest BCUT2D eigenvalue weighted by atomic mass is 35.5. The van der Waals surface area contributed by atoms with Gasteiger partial charge in [0.25, 0.3) is 47.3 Å². The highest BCUT2D eigenvalue weighted by Crippen LogP contribution is 2.43. The summed E-state index contributed by atoms with van der Waals surface area (Å²) in [4.78, 5) is 180. The predicted octanol–water partition coefficient (Wildman–Crippen LogP) is 11.2. The van der Waals surface area contributed by atoms with Crippen molar-refractivity contribution in [1.82, 2.24) is 87.1 Å². The number of nitrogens with zero attached hydrogens (tertiary/aromatic N) is 9. The Morgan fingerprint density at radius 2 is 0.610 bits per heavy atom. The Hall–Kier alpha value is -17.0. The zero-order chi connectivity index (χ0) is 95.9. The molecule has 8 N–H and O–H groups in total. The van der Waals surface area contributed by atoms with E-state index in [0.717, 1.165) is 50.7 Å². The van der Waals surface area contributed by atoms with Crippen molar-refractivity contribution >= 4 is 83.0 Å². The Bertz CT molecular complexity index is 6720. The van der Waals surface area contributed by atoms with E-state index < -0.39 is 81.6 Å². The smallest absolute Gasteiger partial charge is 0.418 e. The van der Waals surface area contributed by atoms with Gasteiger partial charge in [-0.3, -0.25) is 79.6 Å².